The third-order valence-corrected chi connectivity index (χ3v) is 3.87. The van der Waals surface area contributed by atoms with Crippen LogP contribution in [0.15, 0.2) is 47.4 Å². The van der Waals surface area contributed by atoms with Crippen molar-refractivity contribution in [3.8, 4) is 5.75 Å². The van der Waals surface area contributed by atoms with E-state index in [4.69, 9.17) is 5.14 Å². The van der Waals surface area contributed by atoms with Crippen LogP contribution < -0.4 is 10.5 Å². The summed E-state index contributed by atoms with van der Waals surface area (Å²) >= 11 is 0. The predicted octanol–water partition coefficient (Wildman–Crippen LogP) is 1.60. The second-order valence-electron chi connectivity index (χ2n) is 4.49. The third kappa shape index (κ3) is 3.39. The number of sulfonamides is 1. The fourth-order valence-electron chi connectivity index (χ4n) is 1.91. The van der Waals surface area contributed by atoms with Crippen LogP contribution in [-0.2, 0) is 10.0 Å². The Hall–Kier alpha value is -2.38. The van der Waals surface area contributed by atoms with E-state index < -0.39 is 15.9 Å². The smallest absolute Gasteiger partial charge is 0.255 e. The average Bonchev–Trinajstić information content (AvgIpc) is 2.37. The van der Waals surface area contributed by atoms with Gasteiger partial charge in [0, 0.05) is 5.56 Å². The van der Waals surface area contributed by atoms with Crippen LogP contribution in [0.5, 0.6) is 5.75 Å². The highest BCUT2D eigenvalue weighted by Crippen LogP contribution is 2.22. The van der Waals surface area contributed by atoms with Gasteiger partial charge in [-0.1, -0.05) is 12.1 Å². The summed E-state index contributed by atoms with van der Waals surface area (Å²) in [6.45, 7) is 1.67. The highest BCUT2D eigenvalue weighted by Gasteiger charge is 2.16. The summed E-state index contributed by atoms with van der Waals surface area (Å²) in [5, 5.41) is 17.0. The number of para-hydroxylation sites is 1. The standard InChI is InChI=1S/C14H14N2O4S/c1-9-8-10(17)6-7-11(9)14(18)16-12-4-2-3-5-13(12)21(15,19)20/h2-8,17H,1H3,(H,16,18)(H2,15,19,20). The average molecular weight is 306 g/mol. The van der Waals surface area contributed by atoms with E-state index in [9.17, 15) is 18.3 Å². The van der Waals surface area contributed by atoms with E-state index in [1.54, 1.807) is 13.0 Å². The molecule has 0 aliphatic carbocycles. The Kier molecular flexibility index (Phi) is 3.97. The number of carbonyl (C=O) groups is 1. The Morgan fingerprint density at radius 1 is 1.19 bits per heavy atom. The minimum Gasteiger partial charge on any atom is -0.508 e. The number of primary sulfonamides is 1. The monoisotopic (exact) mass is 306 g/mol. The topological polar surface area (TPSA) is 109 Å². The Balaban J connectivity index is 2.37. The van der Waals surface area contributed by atoms with Crippen LogP contribution in [-0.4, -0.2) is 19.4 Å². The fourth-order valence-corrected chi connectivity index (χ4v) is 2.60. The van der Waals surface area contributed by atoms with Crippen molar-refractivity contribution in [2.75, 3.05) is 5.32 Å². The number of amides is 1. The van der Waals surface area contributed by atoms with Crippen molar-refractivity contribution in [1.82, 2.24) is 0 Å². The Morgan fingerprint density at radius 2 is 1.86 bits per heavy atom. The van der Waals surface area contributed by atoms with Gasteiger partial charge in [0.05, 0.1) is 5.69 Å². The third-order valence-electron chi connectivity index (χ3n) is 2.90. The van der Waals surface area contributed by atoms with E-state index in [-0.39, 0.29) is 16.3 Å². The second kappa shape index (κ2) is 5.55. The van der Waals surface area contributed by atoms with Crippen molar-refractivity contribution in [1.29, 1.82) is 0 Å². The fraction of sp³-hybridized carbons (Fsp3) is 0.0714. The number of aromatic hydroxyl groups is 1. The lowest BCUT2D eigenvalue weighted by atomic mass is 10.1. The lowest BCUT2D eigenvalue weighted by Gasteiger charge is -2.11. The molecule has 0 radical (unpaired) electrons. The molecule has 110 valence electrons. The lowest BCUT2D eigenvalue weighted by Crippen LogP contribution is -2.18. The summed E-state index contributed by atoms with van der Waals surface area (Å²) in [5.41, 5.74) is 1.01. The number of nitrogens with one attached hydrogen (secondary N) is 1. The van der Waals surface area contributed by atoms with Gasteiger partial charge < -0.3 is 10.4 Å². The minimum absolute atomic E-state index is 0.0500. The van der Waals surface area contributed by atoms with Crippen molar-refractivity contribution in [3.63, 3.8) is 0 Å². The molecule has 0 aliphatic heterocycles. The second-order valence-corrected chi connectivity index (χ2v) is 6.02. The molecule has 0 saturated heterocycles. The maximum atomic E-state index is 12.2. The number of hydrogen-bond acceptors (Lipinski definition) is 4. The number of aryl methyl sites for hydroxylation is 1. The number of anilines is 1. The maximum absolute atomic E-state index is 12.2. The molecule has 7 heteroatoms. The molecule has 4 N–H and O–H groups in total. The number of benzene rings is 2. The van der Waals surface area contributed by atoms with Crippen molar-refractivity contribution < 1.29 is 18.3 Å². The molecule has 0 bridgehead atoms. The van der Waals surface area contributed by atoms with Crippen LogP contribution in [0.25, 0.3) is 0 Å². The highest BCUT2D eigenvalue weighted by molar-refractivity contribution is 7.89. The number of phenolic OH excluding ortho intramolecular Hbond substituents is 1. The van der Waals surface area contributed by atoms with Gasteiger partial charge in [-0.2, -0.15) is 0 Å². The zero-order valence-electron chi connectivity index (χ0n) is 11.2. The number of phenols is 1. The molecule has 6 nitrogen and oxygen atoms in total. The van der Waals surface area contributed by atoms with Gasteiger partial charge in [-0.05, 0) is 42.8 Å². The maximum Gasteiger partial charge on any atom is 0.255 e. The van der Waals surface area contributed by atoms with Crippen molar-refractivity contribution in [2.45, 2.75) is 11.8 Å². The van der Waals surface area contributed by atoms with Gasteiger partial charge in [0.2, 0.25) is 10.0 Å². The van der Waals surface area contributed by atoms with Crippen LogP contribution in [0.2, 0.25) is 0 Å². The molecule has 0 saturated carbocycles. The first kappa shape index (κ1) is 15.0. The zero-order valence-corrected chi connectivity index (χ0v) is 12.0. The summed E-state index contributed by atoms with van der Waals surface area (Å²) in [7, 11) is -3.93. The van der Waals surface area contributed by atoms with Crippen LogP contribution >= 0.6 is 0 Å². The number of rotatable bonds is 3. The molecular formula is C14H14N2O4S. The first-order chi connectivity index (χ1) is 9.79. The summed E-state index contributed by atoms with van der Waals surface area (Å²) < 4.78 is 23.0. The molecule has 21 heavy (non-hydrogen) atoms. The largest absolute Gasteiger partial charge is 0.508 e. The Bertz CT molecular complexity index is 800. The summed E-state index contributed by atoms with van der Waals surface area (Å²) in [4.78, 5) is 12.0. The highest BCUT2D eigenvalue weighted by atomic mass is 32.2. The van der Waals surface area contributed by atoms with Gasteiger partial charge in [0.25, 0.3) is 5.91 Å². The predicted molar refractivity (Wildman–Crippen MR) is 78.6 cm³/mol. The molecular weight excluding hydrogens is 292 g/mol. The van der Waals surface area contributed by atoms with Crippen molar-refractivity contribution >= 4 is 21.6 Å². The van der Waals surface area contributed by atoms with Gasteiger partial charge in [0.1, 0.15) is 10.6 Å². The molecule has 0 fully saturated rings. The minimum atomic E-state index is -3.93. The molecule has 0 spiro atoms. The van der Waals surface area contributed by atoms with Crippen molar-refractivity contribution in [2.24, 2.45) is 5.14 Å². The van der Waals surface area contributed by atoms with Gasteiger partial charge in [0.15, 0.2) is 0 Å². The van der Waals surface area contributed by atoms with E-state index in [1.807, 2.05) is 0 Å². The first-order valence-electron chi connectivity index (χ1n) is 6.02. The number of hydrogen-bond donors (Lipinski definition) is 3. The quantitative estimate of drug-likeness (QED) is 0.800. The molecule has 0 unspecified atom stereocenters. The molecule has 0 heterocycles. The summed E-state index contributed by atoms with van der Waals surface area (Å²) in [6, 6.07) is 10.2. The van der Waals surface area contributed by atoms with E-state index in [1.165, 1.54) is 36.4 Å². The van der Waals surface area contributed by atoms with Crippen LogP contribution in [0, 0.1) is 6.92 Å². The van der Waals surface area contributed by atoms with Gasteiger partial charge >= 0.3 is 0 Å². The molecule has 0 atom stereocenters. The van der Waals surface area contributed by atoms with Crippen LogP contribution in [0.4, 0.5) is 5.69 Å². The van der Waals surface area contributed by atoms with E-state index in [2.05, 4.69) is 5.32 Å². The molecule has 2 aromatic carbocycles. The number of nitrogens with two attached hydrogens (primary N) is 1. The molecule has 0 aliphatic rings. The molecule has 2 rings (SSSR count). The molecule has 0 aromatic heterocycles. The zero-order chi connectivity index (χ0) is 15.6. The first-order valence-corrected chi connectivity index (χ1v) is 7.56. The Labute approximate surface area is 122 Å². The van der Waals surface area contributed by atoms with E-state index >= 15 is 0 Å². The summed E-state index contributed by atoms with van der Waals surface area (Å²) in [6.07, 6.45) is 0. The van der Waals surface area contributed by atoms with E-state index in [0.717, 1.165) is 0 Å². The van der Waals surface area contributed by atoms with Crippen LogP contribution in [0.1, 0.15) is 15.9 Å². The van der Waals surface area contributed by atoms with Gasteiger partial charge in [-0.15, -0.1) is 0 Å². The van der Waals surface area contributed by atoms with Gasteiger partial charge in [-0.25, -0.2) is 13.6 Å². The SMILES string of the molecule is Cc1cc(O)ccc1C(=O)Nc1ccccc1S(N)(=O)=O. The van der Waals surface area contributed by atoms with Crippen LogP contribution in [0.3, 0.4) is 0 Å². The van der Waals surface area contributed by atoms with Gasteiger partial charge in [-0.3, -0.25) is 4.79 Å². The Morgan fingerprint density at radius 3 is 2.48 bits per heavy atom. The molecule has 2 aromatic rings. The van der Waals surface area contributed by atoms with E-state index in [0.29, 0.717) is 11.1 Å². The van der Waals surface area contributed by atoms with Crippen molar-refractivity contribution in [3.05, 3.63) is 53.6 Å². The normalized spacial score (nSPS) is 11.1. The summed E-state index contributed by atoms with van der Waals surface area (Å²) in [5.74, 6) is -0.433. The molecule has 1 amide bonds. The number of carbonyl (C=O) groups excluding carboxylic acids is 1. The lowest BCUT2D eigenvalue weighted by molar-refractivity contribution is 0.102.